The lowest BCUT2D eigenvalue weighted by Gasteiger charge is -2.32. The van der Waals surface area contributed by atoms with Gasteiger partial charge in [-0.2, -0.15) is 0 Å². The van der Waals surface area contributed by atoms with Crippen molar-refractivity contribution in [2.24, 2.45) is 0 Å². The lowest BCUT2D eigenvalue weighted by molar-refractivity contribution is -0.138. The number of nitrogens with one attached hydrogen (secondary N) is 2. The molecule has 2 N–H and O–H groups in total. The Kier molecular flexibility index (Phi) is 3.25. The lowest BCUT2D eigenvalue weighted by Crippen LogP contribution is -2.58. The standard InChI is InChI=1S/C14H15N3O4/c1-8-13(19)16-11(18)7-17(8)14(20)9-3-2-4-10-12(9)21-6-5-15-10/h2-4,8,15H,5-7H2,1H3,(H,16,18,19). The van der Waals surface area contributed by atoms with Crippen molar-refractivity contribution in [2.75, 3.05) is 25.0 Å². The van der Waals surface area contributed by atoms with Crippen LogP contribution in [0.2, 0.25) is 0 Å². The minimum Gasteiger partial charge on any atom is -0.489 e. The first-order valence-corrected chi connectivity index (χ1v) is 6.72. The average molecular weight is 289 g/mol. The molecule has 1 atom stereocenters. The minimum absolute atomic E-state index is 0.136. The van der Waals surface area contributed by atoms with E-state index in [1.165, 1.54) is 4.90 Å². The highest BCUT2D eigenvalue weighted by Gasteiger charge is 2.35. The highest BCUT2D eigenvalue weighted by atomic mass is 16.5. The number of hydrogen-bond acceptors (Lipinski definition) is 5. The van der Waals surface area contributed by atoms with Crippen molar-refractivity contribution in [3.63, 3.8) is 0 Å². The topological polar surface area (TPSA) is 87.7 Å². The van der Waals surface area contributed by atoms with E-state index in [0.29, 0.717) is 24.5 Å². The van der Waals surface area contributed by atoms with Crippen LogP contribution in [0.25, 0.3) is 0 Å². The molecule has 0 saturated carbocycles. The van der Waals surface area contributed by atoms with E-state index in [4.69, 9.17) is 4.74 Å². The average Bonchev–Trinajstić information content (AvgIpc) is 2.49. The summed E-state index contributed by atoms with van der Waals surface area (Å²) in [6.07, 6.45) is 0. The van der Waals surface area contributed by atoms with Crippen LogP contribution in [-0.2, 0) is 9.59 Å². The van der Waals surface area contributed by atoms with E-state index in [9.17, 15) is 14.4 Å². The Morgan fingerprint density at radius 3 is 3.00 bits per heavy atom. The summed E-state index contributed by atoms with van der Waals surface area (Å²) in [5.41, 5.74) is 1.10. The number of anilines is 1. The summed E-state index contributed by atoms with van der Waals surface area (Å²) in [6, 6.07) is 4.51. The van der Waals surface area contributed by atoms with Gasteiger partial charge in [-0.3, -0.25) is 19.7 Å². The predicted molar refractivity (Wildman–Crippen MR) is 74.1 cm³/mol. The van der Waals surface area contributed by atoms with E-state index >= 15 is 0 Å². The minimum atomic E-state index is -0.692. The number of benzene rings is 1. The van der Waals surface area contributed by atoms with Gasteiger partial charge in [-0.25, -0.2) is 0 Å². The fourth-order valence-electron chi connectivity index (χ4n) is 2.46. The van der Waals surface area contributed by atoms with Crippen LogP contribution < -0.4 is 15.4 Å². The van der Waals surface area contributed by atoms with Crippen LogP contribution in [0, 0.1) is 0 Å². The number of para-hydroxylation sites is 1. The Morgan fingerprint density at radius 2 is 2.19 bits per heavy atom. The van der Waals surface area contributed by atoms with E-state index < -0.39 is 17.9 Å². The molecule has 110 valence electrons. The van der Waals surface area contributed by atoms with E-state index in [-0.39, 0.29) is 12.5 Å². The van der Waals surface area contributed by atoms with Crippen LogP contribution in [0.4, 0.5) is 5.69 Å². The molecule has 2 aliphatic rings. The second-order valence-electron chi connectivity index (χ2n) is 4.98. The molecule has 0 spiro atoms. The zero-order chi connectivity index (χ0) is 15.0. The molecule has 2 aliphatic heterocycles. The van der Waals surface area contributed by atoms with Gasteiger partial charge in [0.15, 0.2) is 5.75 Å². The molecule has 1 aromatic carbocycles. The summed E-state index contributed by atoms with van der Waals surface area (Å²) < 4.78 is 5.56. The van der Waals surface area contributed by atoms with Gasteiger partial charge in [0.1, 0.15) is 19.2 Å². The number of nitrogens with zero attached hydrogens (tertiary/aromatic N) is 1. The number of rotatable bonds is 1. The van der Waals surface area contributed by atoms with Crippen molar-refractivity contribution < 1.29 is 19.1 Å². The quantitative estimate of drug-likeness (QED) is 0.709. The second-order valence-corrected chi connectivity index (χ2v) is 4.98. The predicted octanol–water partition coefficient (Wildman–Crippen LogP) is -0.0220. The maximum Gasteiger partial charge on any atom is 0.258 e. The molecular weight excluding hydrogens is 274 g/mol. The molecule has 0 aromatic heterocycles. The molecule has 0 radical (unpaired) electrons. The van der Waals surface area contributed by atoms with Gasteiger partial charge in [-0.15, -0.1) is 0 Å². The first-order chi connectivity index (χ1) is 10.1. The largest absolute Gasteiger partial charge is 0.489 e. The fourth-order valence-corrected chi connectivity index (χ4v) is 2.46. The fraction of sp³-hybridized carbons (Fsp3) is 0.357. The van der Waals surface area contributed by atoms with Gasteiger partial charge < -0.3 is 15.0 Å². The van der Waals surface area contributed by atoms with Gasteiger partial charge in [0.2, 0.25) is 11.8 Å². The number of fused-ring (bicyclic) bond motifs is 1. The summed E-state index contributed by atoms with van der Waals surface area (Å²) >= 11 is 0. The number of hydrogen-bond donors (Lipinski definition) is 2. The first-order valence-electron chi connectivity index (χ1n) is 6.72. The monoisotopic (exact) mass is 289 g/mol. The second kappa shape index (κ2) is 5.08. The summed E-state index contributed by atoms with van der Waals surface area (Å²) in [7, 11) is 0. The Hall–Kier alpha value is -2.57. The molecule has 21 heavy (non-hydrogen) atoms. The highest BCUT2D eigenvalue weighted by molar-refractivity contribution is 6.08. The van der Waals surface area contributed by atoms with E-state index in [1.807, 2.05) is 6.07 Å². The van der Waals surface area contributed by atoms with Crippen LogP contribution in [-0.4, -0.2) is 48.4 Å². The van der Waals surface area contributed by atoms with Gasteiger partial charge in [0.05, 0.1) is 11.3 Å². The molecule has 1 aromatic rings. The van der Waals surface area contributed by atoms with Crippen LogP contribution in [0.5, 0.6) is 5.75 Å². The molecule has 0 bridgehead atoms. The molecule has 1 saturated heterocycles. The van der Waals surface area contributed by atoms with E-state index in [1.54, 1.807) is 19.1 Å². The van der Waals surface area contributed by atoms with Crippen molar-refractivity contribution in [1.29, 1.82) is 0 Å². The summed E-state index contributed by atoms with van der Waals surface area (Å²) in [5, 5.41) is 5.36. The molecule has 1 fully saturated rings. The van der Waals surface area contributed by atoms with Crippen LogP contribution in [0.3, 0.4) is 0 Å². The molecule has 3 amide bonds. The molecule has 3 rings (SSSR count). The first kappa shape index (κ1) is 13.4. The number of amides is 3. The smallest absolute Gasteiger partial charge is 0.258 e. The zero-order valence-electron chi connectivity index (χ0n) is 11.5. The molecular formula is C14H15N3O4. The van der Waals surface area contributed by atoms with Crippen LogP contribution in [0.1, 0.15) is 17.3 Å². The number of carbonyl (C=O) groups is 3. The van der Waals surface area contributed by atoms with Gasteiger partial charge >= 0.3 is 0 Å². The maximum atomic E-state index is 12.7. The number of ether oxygens (including phenoxy) is 1. The summed E-state index contributed by atoms with van der Waals surface area (Å²) in [6.45, 7) is 2.59. The van der Waals surface area contributed by atoms with Gasteiger partial charge in [0.25, 0.3) is 5.91 Å². The third-order valence-electron chi connectivity index (χ3n) is 3.59. The molecule has 2 heterocycles. The number of piperazine rings is 1. The van der Waals surface area contributed by atoms with Gasteiger partial charge in [-0.05, 0) is 19.1 Å². The molecule has 7 nitrogen and oxygen atoms in total. The third-order valence-corrected chi connectivity index (χ3v) is 3.59. The highest BCUT2D eigenvalue weighted by Crippen LogP contribution is 2.32. The molecule has 0 aliphatic carbocycles. The zero-order valence-corrected chi connectivity index (χ0v) is 11.5. The Labute approximate surface area is 121 Å². The summed E-state index contributed by atoms with van der Waals surface area (Å²) in [5.74, 6) is -0.857. The normalized spacial score (nSPS) is 21.0. The van der Waals surface area contributed by atoms with Crippen molar-refractivity contribution in [2.45, 2.75) is 13.0 Å². The lowest BCUT2D eigenvalue weighted by atomic mass is 10.1. The van der Waals surface area contributed by atoms with Crippen LogP contribution in [0.15, 0.2) is 18.2 Å². The maximum absolute atomic E-state index is 12.7. The Morgan fingerprint density at radius 1 is 1.38 bits per heavy atom. The van der Waals surface area contributed by atoms with Gasteiger partial charge in [-0.1, -0.05) is 6.07 Å². The third kappa shape index (κ3) is 2.31. The van der Waals surface area contributed by atoms with Crippen molar-refractivity contribution in [3.8, 4) is 5.75 Å². The van der Waals surface area contributed by atoms with Crippen LogP contribution >= 0.6 is 0 Å². The summed E-state index contributed by atoms with van der Waals surface area (Å²) in [4.78, 5) is 37.1. The van der Waals surface area contributed by atoms with Gasteiger partial charge in [0, 0.05) is 6.54 Å². The van der Waals surface area contributed by atoms with Crippen molar-refractivity contribution in [1.82, 2.24) is 10.2 Å². The number of carbonyl (C=O) groups excluding carboxylic acids is 3. The molecule has 7 heteroatoms. The van der Waals surface area contributed by atoms with Crippen molar-refractivity contribution in [3.05, 3.63) is 23.8 Å². The Bertz CT molecular complexity index is 629. The number of imide groups is 1. The Balaban J connectivity index is 1.95. The van der Waals surface area contributed by atoms with E-state index in [0.717, 1.165) is 5.69 Å². The van der Waals surface area contributed by atoms with Crippen molar-refractivity contribution >= 4 is 23.4 Å². The molecule has 1 unspecified atom stereocenters. The van der Waals surface area contributed by atoms with E-state index in [2.05, 4.69) is 10.6 Å². The SMILES string of the molecule is CC1C(=O)NC(=O)CN1C(=O)c1cccc2c1OCCN2.